The second kappa shape index (κ2) is 9.59. The molecule has 33 heavy (non-hydrogen) atoms. The highest BCUT2D eigenvalue weighted by Gasteiger charge is 2.47. The fraction of sp³-hybridized carbons (Fsp3) is 0.217. The van der Waals surface area contributed by atoms with Crippen LogP contribution in [0.5, 0.6) is 5.75 Å². The number of fused-ring (bicyclic) bond motifs is 3. The number of anilines is 1. The van der Waals surface area contributed by atoms with Crippen molar-refractivity contribution >= 4 is 46.6 Å². The first-order chi connectivity index (χ1) is 15.9. The number of methoxy groups -OCH3 is 1. The summed E-state index contributed by atoms with van der Waals surface area (Å²) >= 11 is 14.1. The molecule has 1 aliphatic rings. The molecule has 0 bridgehead atoms. The molecule has 2 aromatic carbocycles. The molecule has 0 aliphatic carbocycles. The van der Waals surface area contributed by atoms with Gasteiger partial charge in [0.2, 0.25) is 11.1 Å². The van der Waals surface area contributed by atoms with E-state index < -0.39 is 6.17 Å². The van der Waals surface area contributed by atoms with Crippen LogP contribution in [0.3, 0.4) is 0 Å². The number of nitrogens with zero attached hydrogens (tertiary/aromatic N) is 3. The molecule has 170 valence electrons. The number of benzene rings is 2. The number of hydrogen-bond acceptors (Lipinski definition) is 5. The van der Waals surface area contributed by atoms with E-state index in [0.717, 1.165) is 0 Å². The SMILES string of the molecule is C=CCSc1n[n+]2c(c(=O)[nH]1)-c1ccccc1N(C(=O)CC)[C@H]2c1cc(Cl)cc(Cl)c1OC. The lowest BCUT2D eigenvalue weighted by atomic mass is 10.0. The molecule has 4 rings (SSSR count). The van der Waals surface area contributed by atoms with Gasteiger partial charge in [0.25, 0.3) is 6.17 Å². The van der Waals surface area contributed by atoms with Crippen LogP contribution in [0.15, 0.2) is 59.0 Å². The van der Waals surface area contributed by atoms with Crippen LogP contribution in [-0.4, -0.2) is 28.9 Å². The number of nitrogens with one attached hydrogen (secondary N) is 1. The quantitative estimate of drug-likeness (QED) is 0.301. The van der Waals surface area contributed by atoms with Gasteiger partial charge in [-0.3, -0.25) is 14.6 Å². The number of H-pyrrole nitrogens is 1. The van der Waals surface area contributed by atoms with Gasteiger partial charge in [0, 0.05) is 22.3 Å². The minimum absolute atomic E-state index is 0.161. The second-order valence-corrected chi connectivity index (χ2v) is 9.02. The third-order valence-electron chi connectivity index (χ3n) is 5.19. The van der Waals surface area contributed by atoms with E-state index in [2.05, 4.69) is 11.6 Å². The molecule has 0 spiro atoms. The summed E-state index contributed by atoms with van der Waals surface area (Å²) < 4.78 is 7.15. The van der Waals surface area contributed by atoms with Crippen molar-refractivity contribution in [3.05, 3.63) is 75.0 Å². The summed E-state index contributed by atoms with van der Waals surface area (Å²) in [5.41, 5.74) is 1.68. The number of thioether (sulfide) groups is 1. The van der Waals surface area contributed by atoms with E-state index in [1.165, 1.54) is 18.9 Å². The Morgan fingerprint density at radius 1 is 1.36 bits per heavy atom. The van der Waals surface area contributed by atoms with Crippen molar-refractivity contribution in [2.24, 2.45) is 0 Å². The van der Waals surface area contributed by atoms with E-state index in [1.807, 2.05) is 12.1 Å². The van der Waals surface area contributed by atoms with Gasteiger partial charge in [0.15, 0.2) is 0 Å². The molecule has 1 amide bonds. The minimum atomic E-state index is -0.848. The summed E-state index contributed by atoms with van der Waals surface area (Å²) in [5.74, 6) is 0.735. The van der Waals surface area contributed by atoms with Crippen molar-refractivity contribution in [2.45, 2.75) is 24.7 Å². The summed E-state index contributed by atoms with van der Waals surface area (Å²) in [6.07, 6.45) is 1.10. The molecular weight excluding hydrogens is 483 g/mol. The fourth-order valence-corrected chi connectivity index (χ4v) is 5.06. The molecule has 2 heterocycles. The third kappa shape index (κ3) is 4.14. The van der Waals surface area contributed by atoms with E-state index >= 15 is 0 Å². The van der Waals surface area contributed by atoms with Crippen molar-refractivity contribution in [1.82, 2.24) is 10.1 Å². The van der Waals surface area contributed by atoms with E-state index in [0.29, 0.717) is 44.2 Å². The molecular formula is C23H21Cl2N4O3S+. The number of aromatic amines is 1. The summed E-state index contributed by atoms with van der Waals surface area (Å²) in [4.78, 5) is 31.0. The maximum atomic E-state index is 13.3. The van der Waals surface area contributed by atoms with Gasteiger partial charge in [-0.15, -0.1) is 6.58 Å². The van der Waals surface area contributed by atoms with Crippen LogP contribution in [-0.2, 0) is 4.79 Å². The monoisotopic (exact) mass is 503 g/mol. The standard InChI is InChI=1S/C23H20Cl2N4O3S/c1-4-10-33-23-26-21(31)19-14-8-6-7-9-17(14)28(18(30)5-2)22(29(19)27-23)15-11-13(24)12-16(25)20(15)32-3/h4,6-9,11-12,22H,1,5,10H2,2-3H3/p+1/t22-/m1/s1. The van der Waals surface area contributed by atoms with Crippen molar-refractivity contribution in [2.75, 3.05) is 17.8 Å². The third-order valence-corrected chi connectivity index (χ3v) is 6.55. The lowest BCUT2D eigenvalue weighted by Gasteiger charge is -2.32. The summed E-state index contributed by atoms with van der Waals surface area (Å²) in [7, 11) is 1.49. The molecule has 1 aliphatic heterocycles. The number of para-hydroxylation sites is 1. The van der Waals surface area contributed by atoms with Gasteiger partial charge < -0.3 is 4.74 Å². The van der Waals surface area contributed by atoms with Gasteiger partial charge in [0.1, 0.15) is 5.75 Å². The number of carbonyl (C=O) groups excluding carboxylic acids is 1. The number of carbonyl (C=O) groups is 1. The fourth-order valence-electron chi connectivity index (χ4n) is 3.88. The lowest BCUT2D eigenvalue weighted by molar-refractivity contribution is -0.763. The second-order valence-electron chi connectivity index (χ2n) is 7.17. The molecule has 0 saturated heterocycles. The summed E-state index contributed by atoms with van der Waals surface area (Å²) in [6.45, 7) is 5.50. The number of hydrogen-bond donors (Lipinski definition) is 1. The molecule has 1 atom stereocenters. The number of amides is 1. The highest BCUT2D eigenvalue weighted by molar-refractivity contribution is 7.99. The number of rotatable bonds is 6. The maximum Gasteiger partial charge on any atom is 0.325 e. The van der Waals surface area contributed by atoms with Crippen LogP contribution in [0.1, 0.15) is 25.1 Å². The molecule has 10 heteroatoms. The average molecular weight is 504 g/mol. The average Bonchev–Trinajstić information content (AvgIpc) is 2.80. The van der Waals surface area contributed by atoms with E-state index in [9.17, 15) is 9.59 Å². The van der Waals surface area contributed by atoms with Crippen LogP contribution in [0.25, 0.3) is 11.3 Å². The first-order valence-corrected chi connectivity index (χ1v) is 11.9. The molecule has 0 radical (unpaired) electrons. The molecule has 7 nitrogen and oxygen atoms in total. The highest BCUT2D eigenvalue weighted by atomic mass is 35.5. The predicted molar refractivity (Wildman–Crippen MR) is 130 cm³/mol. The smallest absolute Gasteiger partial charge is 0.325 e. The Kier molecular flexibility index (Phi) is 6.78. The largest absolute Gasteiger partial charge is 0.495 e. The van der Waals surface area contributed by atoms with Crippen LogP contribution in [0.4, 0.5) is 5.69 Å². The first-order valence-electron chi connectivity index (χ1n) is 10.2. The topological polar surface area (TPSA) is 79.2 Å². The van der Waals surface area contributed by atoms with Gasteiger partial charge in [0.05, 0.1) is 28.9 Å². The van der Waals surface area contributed by atoms with Crippen LogP contribution in [0.2, 0.25) is 10.0 Å². The van der Waals surface area contributed by atoms with Gasteiger partial charge in [-0.25, -0.2) is 4.90 Å². The van der Waals surface area contributed by atoms with Gasteiger partial charge in [-0.2, -0.15) is 0 Å². The molecule has 3 aromatic rings. The van der Waals surface area contributed by atoms with Gasteiger partial charge in [-0.05, 0) is 28.9 Å². The number of halogens is 2. The van der Waals surface area contributed by atoms with E-state index in [4.69, 9.17) is 33.0 Å². The summed E-state index contributed by atoms with van der Waals surface area (Å²) in [5, 5.41) is 5.76. The number of ether oxygens (including phenoxy) is 1. The zero-order chi connectivity index (χ0) is 23.7. The Hall–Kier alpha value is -2.81. The Labute approximate surface area is 205 Å². The molecule has 1 aromatic heterocycles. The van der Waals surface area contributed by atoms with Crippen LogP contribution in [0, 0.1) is 0 Å². The molecule has 0 fully saturated rings. The zero-order valence-electron chi connectivity index (χ0n) is 18.0. The Balaban J connectivity index is 2.11. The molecule has 0 saturated carbocycles. The normalized spacial score (nSPS) is 14.4. The van der Waals surface area contributed by atoms with Crippen molar-refractivity contribution in [3.8, 4) is 17.0 Å². The predicted octanol–water partition coefficient (Wildman–Crippen LogP) is 4.62. The van der Waals surface area contributed by atoms with Crippen LogP contribution >= 0.6 is 35.0 Å². The zero-order valence-corrected chi connectivity index (χ0v) is 20.3. The van der Waals surface area contributed by atoms with Crippen LogP contribution < -0.4 is 19.9 Å². The Morgan fingerprint density at radius 3 is 2.82 bits per heavy atom. The van der Waals surface area contributed by atoms with E-state index in [1.54, 1.807) is 46.8 Å². The molecule has 0 unspecified atom stereocenters. The highest BCUT2D eigenvalue weighted by Crippen LogP contribution is 2.42. The summed E-state index contributed by atoms with van der Waals surface area (Å²) in [6, 6.07) is 10.5. The Morgan fingerprint density at radius 2 is 2.12 bits per heavy atom. The maximum absolute atomic E-state index is 13.3. The van der Waals surface area contributed by atoms with Crippen molar-refractivity contribution < 1.29 is 14.2 Å². The number of aromatic nitrogens is 3. The minimum Gasteiger partial charge on any atom is -0.495 e. The molecule has 1 N–H and O–H groups in total. The lowest BCUT2D eigenvalue weighted by Crippen LogP contribution is -2.61. The van der Waals surface area contributed by atoms with E-state index in [-0.39, 0.29) is 22.9 Å². The van der Waals surface area contributed by atoms with Crippen molar-refractivity contribution in [1.29, 1.82) is 0 Å². The van der Waals surface area contributed by atoms with Gasteiger partial charge in [-0.1, -0.05) is 60.1 Å². The first kappa shape index (κ1) is 23.4. The van der Waals surface area contributed by atoms with Gasteiger partial charge >= 0.3 is 11.3 Å². The Bertz CT molecular complexity index is 1310. The van der Waals surface area contributed by atoms with Crippen molar-refractivity contribution in [3.63, 3.8) is 0 Å².